The van der Waals surface area contributed by atoms with Crippen LogP contribution >= 0.6 is 0 Å². The topological polar surface area (TPSA) is 56.8 Å². The van der Waals surface area contributed by atoms with Crippen LogP contribution in [0.25, 0.3) is 0 Å². The Bertz CT molecular complexity index is 380. The zero-order valence-electron chi connectivity index (χ0n) is 15.3. The zero-order chi connectivity index (χ0) is 17.3. The lowest BCUT2D eigenvalue weighted by Gasteiger charge is -2.32. The van der Waals surface area contributed by atoms with Crippen LogP contribution in [-0.2, 0) is 14.0 Å². The summed E-state index contributed by atoms with van der Waals surface area (Å²) in [7, 11) is 1.15. The van der Waals surface area contributed by atoms with Gasteiger partial charge in [-0.05, 0) is 47.0 Å². The van der Waals surface area contributed by atoms with Gasteiger partial charge in [-0.1, -0.05) is 31.3 Å². The minimum Gasteiger partial charge on any atom is -0.453 e. The number of ether oxygens (including phenoxy) is 1. The van der Waals surface area contributed by atoms with Gasteiger partial charge in [0.05, 0.1) is 18.3 Å². The summed E-state index contributed by atoms with van der Waals surface area (Å²) in [6, 6.07) is 0. The molecule has 0 atom stereocenters. The second kappa shape index (κ2) is 9.33. The first-order chi connectivity index (χ1) is 10.8. The molecular weight excluding hydrogens is 293 g/mol. The molecule has 1 N–H and O–H groups in total. The van der Waals surface area contributed by atoms with Crippen molar-refractivity contribution in [1.29, 1.82) is 0 Å². The van der Waals surface area contributed by atoms with Gasteiger partial charge in [-0.25, -0.2) is 4.79 Å². The number of alkyl carbamates (subject to hydrolysis) is 1. The van der Waals surface area contributed by atoms with Crippen LogP contribution in [-0.4, -0.2) is 38.1 Å². The molecule has 6 heteroatoms. The quantitative estimate of drug-likeness (QED) is 0.516. The smallest absolute Gasteiger partial charge is 0.453 e. The van der Waals surface area contributed by atoms with Crippen LogP contribution in [0.4, 0.5) is 4.79 Å². The molecule has 0 bridgehead atoms. The number of amides is 1. The molecule has 1 amide bonds. The van der Waals surface area contributed by atoms with Crippen molar-refractivity contribution in [3.05, 3.63) is 12.1 Å². The molecular formula is C17H32BNO4. The molecule has 0 aliphatic carbocycles. The average molecular weight is 325 g/mol. The van der Waals surface area contributed by atoms with E-state index in [0.717, 1.165) is 19.3 Å². The predicted molar refractivity (Wildman–Crippen MR) is 93.3 cm³/mol. The molecule has 1 rings (SSSR count). The Hall–Kier alpha value is -1.01. The number of carbonyl (C=O) groups excluding carboxylic acids is 1. The van der Waals surface area contributed by atoms with Crippen LogP contribution in [0, 0.1) is 0 Å². The van der Waals surface area contributed by atoms with Crippen LogP contribution in [0.15, 0.2) is 12.1 Å². The number of allylic oxidation sites excluding steroid dienone is 1. The molecule has 0 aromatic carbocycles. The number of hydrogen-bond donors (Lipinski definition) is 1. The third kappa shape index (κ3) is 6.96. The summed E-state index contributed by atoms with van der Waals surface area (Å²) in [5.74, 6) is 2.02. The third-order valence-electron chi connectivity index (χ3n) is 4.57. The average Bonchev–Trinajstić information content (AvgIpc) is 2.68. The summed E-state index contributed by atoms with van der Waals surface area (Å²) in [5.41, 5.74) is -0.527. The summed E-state index contributed by atoms with van der Waals surface area (Å²) < 4.78 is 16.3. The Balaban J connectivity index is 2.00. The fourth-order valence-corrected chi connectivity index (χ4v) is 2.35. The third-order valence-corrected chi connectivity index (χ3v) is 4.57. The SMILES string of the molecule is COC(=O)NCCCCCCCC=CB1OC(C)(C)C(C)(C)O1. The molecule has 0 spiro atoms. The van der Waals surface area contributed by atoms with Crippen molar-refractivity contribution in [2.75, 3.05) is 13.7 Å². The molecule has 0 radical (unpaired) electrons. The highest BCUT2D eigenvalue weighted by Crippen LogP contribution is 2.36. The van der Waals surface area contributed by atoms with Crippen molar-refractivity contribution in [1.82, 2.24) is 5.32 Å². The standard InChI is InChI=1S/C17H32BNO4/c1-16(2)17(3,4)23-18(22-16)13-11-9-7-6-8-10-12-14-19-15(20)21-5/h11,13H,6-10,12,14H2,1-5H3,(H,19,20). The van der Waals surface area contributed by atoms with Crippen molar-refractivity contribution >= 4 is 13.2 Å². The fraction of sp³-hybridized carbons (Fsp3) is 0.824. The second-order valence-electron chi connectivity index (χ2n) is 7.03. The molecule has 132 valence electrons. The molecule has 1 heterocycles. The van der Waals surface area contributed by atoms with Gasteiger partial charge in [0.2, 0.25) is 0 Å². The van der Waals surface area contributed by atoms with Crippen molar-refractivity contribution in [2.24, 2.45) is 0 Å². The lowest BCUT2D eigenvalue weighted by atomic mass is 9.89. The van der Waals surface area contributed by atoms with Gasteiger partial charge in [0, 0.05) is 6.54 Å². The molecule has 0 aromatic heterocycles. The highest BCUT2D eigenvalue weighted by molar-refractivity contribution is 6.51. The monoisotopic (exact) mass is 325 g/mol. The van der Waals surface area contributed by atoms with E-state index in [1.807, 2.05) is 5.98 Å². The van der Waals surface area contributed by atoms with E-state index in [2.05, 4.69) is 43.8 Å². The van der Waals surface area contributed by atoms with Crippen LogP contribution in [0.3, 0.4) is 0 Å². The maximum absolute atomic E-state index is 10.8. The number of unbranched alkanes of at least 4 members (excludes halogenated alkanes) is 5. The van der Waals surface area contributed by atoms with Gasteiger partial charge >= 0.3 is 13.2 Å². The number of nitrogens with one attached hydrogen (secondary N) is 1. The van der Waals surface area contributed by atoms with Gasteiger partial charge in [0.1, 0.15) is 0 Å². The molecule has 5 nitrogen and oxygen atoms in total. The van der Waals surface area contributed by atoms with Gasteiger partial charge in [0.25, 0.3) is 0 Å². The normalized spacial score (nSPS) is 19.3. The zero-order valence-corrected chi connectivity index (χ0v) is 15.3. The van der Waals surface area contributed by atoms with Gasteiger partial charge in [-0.3, -0.25) is 0 Å². The van der Waals surface area contributed by atoms with E-state index >= 15 is 0 Å². The number of methoxy groups -OCH3 is 1. The highest BCUT2D eigenvalue weighted by Gasteiger charge is 2.49. The molecule has 0 saturated carbocycles. The summed E-state index contributed by atoms with van der Waals surface area (Å²) in [6.45, 7) is 8.95. The van der Waals surface area contributed by atoms with Crippen LogP contribution in [0.5, 0.6) is 0 Å². The molecule has 23 heavy (non-hydrogen) atoms. The van der Waals surface area contributed by atoms with Gasteiger partial charge < -0.3 is 19.4 Å². The van der Waals surface area contributed by atoms with Crippen molar-refractivity contribution in [3.63, 3.8) is 0 Å². The van der Waals surface area contributed by atoms with E-state index in [-0.39, 0.29) is 24.4 Å². The van der Waals surface area contributed by atoms with E-state index in [1.165, 1.54) is 26.4 Å². The van der Waals surface area contributed by atoms with Gasteiger partial charge in [-0.2, -0.15) is 0 Å². The first-order valence-corrected chi connectivity index (χ1v) is 8.62. The molecule has 1 aliphatic rings. The van der Waals surface area contributed by atoms with Crippen LogP contribution < -0.4 is 5.32 Å². The summed E-state index contributed by atoms with van der Waals surface area (Å²) in [6.07, 6.45) is 8.53. The minimum absolute atomic E-state index is 0.232. The van der Waals surface area contributed by atoms with E-state index in [0.29, 0.717) is 6.54 Å². The Morgan fingerprint density at radius 2 is 1.61 bits per heavy atom. The fourth-order valence-electron chi connectivity index (χ4n) is 2.35. The molecule has 0 aromatic rings. The maximum atomic E-state index is 10.8. The Labute approximate surface area is 141 Å². The Morgan fingerprint density at radius 3 is 2.22 bits per heavy atom. The number of rotatable bonds is 9. The first kappa shape index (κ1) is 20.0. The summed E-state index contributed by atoms with van der Waals surface area (Å²) >= 11 is 0. The largest absolute Gasteiger partial charge is 0.486 e. The molecule has 0 unspecified atom stereocenters. The lowest BCUT2D eigenvalue weighted by molar-refractivity contribution is 0.00578. The molecule has 1 aliphatic heterocycles. The molecule has 1 saturated heterocycles. The van der Waals surface area contributed by atoms with Crippen molar-refractivity contribution in [3.8, 4) is 0 Å². The summed E-state index contributed by atoms with van der Waals surface area (Å²) in [5, 5.41) is 2.69. The Morgan fingerprint density at radius 1 is 1.04 bits per heavy atom. The van der Waals surface area contributed by atoms with Crippen LogP contribution in [0.1, 0.15) is 66.2 Å². The maximum Gasteiger partial charge on any atom is 0.486 e. The lowest BCUT2D eigenvalue weighted by Crippen LogP contribution is -2.41. The highest BCUT2D eigenvalue weighted by atomic mass is 16.7. The first-order valence-electron chi connectivity index (χ1n) is 8.62. The van der Waals surface area contributed by atoms with E-state index in [1.54, 1.807) is 0 Å². The predicted octanol–water partition coefficient (Wildman–Crippen LogP) is 3.87. The van der Waals surface area contributed by atoms with E-state index < -0.39 is 0 Å². The van der Waals surface area contributed by atoms with Crippen molar-refractivity contribution in [2.45, 2.75) is 77.4 Å². The number of hydrogen-bond acceptors (Lipinski definition) is 4. The van der Waals surface area contributed by atoms with Crippen molar-refractivity contribution < 1.29 is 18.8 Å². The van der Waals surface area contributed by atoms with E-state index in [4.69, 9.17) is 9.31 Å². The van der Waals surface area contributed by atoms with E-state index in [9.17, 15) is 4.79 Å². The minimum atomic E-state index is -0.349. The molecule has 1 fully saturated rings. The number of carbonyl (C=O) groups is 1. The summed E-state index contributed by atoms with van der Waals surface area (Å²) in [4.78, 5) is 10.8. The van der Waals surface area contributed by atoms with Crippen LogP contribution in [0.2, 0.25) is 0 Å². The van der Waals surface area contributed by atoms with Gasteiger partial charge in [0.15, 0.2) is 0 Å². The Kier molecular flexibility index (Phi) is 8.13. The second-order valence-corrected chi connectivity index (χ2v) is 7.03. The van der Waals surface area contributed by atoms with Gasteiger partial charge in [-0.15, -0.1) is 0 Å².